The molecular formula is C21H30N4O3. The SMILES string of the molecule is Cc1cccc(C)c1NC(=O)CN1CCN(C(=O)CNC(=O)[C@H]2C[C@@H]2C)CC1. The summed E-state index contributed by atoms with van der Waals surface area (Å²) in [6.07, 6.45) is 0.919. The van der Waals surface area contributed by atoms with Crippen molar-refractivity contribution in [3.8, 4) is 0 Å². The molecule has 1 saturated heterocycles. The molecule has 7 nitrogen and oxygen atoms in total. The molecule has 0 aromatic heterocycles. The van der Waals surface area contributed by atoms with E-state index in [-0.39, 0.29) is 30.2 Å². The number of para-hydroxylation sites is 1. The lowest BCUT2D eigenvalue weighted by atomic mass is 10.1. The molecule has 2 atom stereocenters. The Morgan fingerprint density at radius 1 is 1.07 bits per heavy atom. The Labute approximate surface area is 166 Å². The van der Waals surface area contributed by atoms with Gasteiger partial charge < -0.3 is 15.5 Å². The molecule has 3 amide bonds. The van der Waals surface area contributed by atoms with Gasteiger partial charge in [-0.3, -0.25) is 19.3 Å². The van der Waals surface area contributed by atoms with E-state index in [1.165, 1.54) is 0 Å². The van der Waals surface area contributed by atoms with E-state index in [1.54, 1.807) is 4.90 Å². The first-order valence-corrected chi connectivity index (χ1v) is 9.99. The molecule has 0 spiro atoms. The number of carbonyl (C=O) groups excluding carboxylic acids is 3. The molecule has 0 bridgehead atoms. The van der Waals surface area contributed by atoms with E-state index in [0.717, 1.165) is 23.2 Å². The van der Waals surface area contributed by atoms with E-state index in [4.69, 9.17) is 0 Å². The molecule has 0 unspecified atom stereocenters. The predicted molar refractivity (Wildman–Crippen MR) is 108 cm³/mol. The standard InChI is InChI=1S/C21H30N4O3/c1-14-5-4-6-15(2)20(14)23-18(26)13-24-7-9-25(10-8-24)19(27)12-22-21(28)17-11-16(17)3/h4-6,16-17H,7-13H2,1-3H3,(H,22,28)(H,23,26)/t16-,17-/m0/s1. The maximum atomic E-state index is 12.4. The van der Waals surface area contributed by atoms with E-state index in [0.29, 0.717) is 38.6 Å². The van der Waals surface area contributed by atoms with Crippen LogP contribution in [0.1, 0.15) is 24.5 Å². The van der Waals surface area contributed by atoms with Crippen LogP contribution in [0.15, 0.2) is 18.2 Å². The Hall–Kier alpha value is -2.41. The van der Waals surface area contributed by atoms with Crippen molar-refractivity contribution in [2.75, 3.05) is 44.6 Å². The van der Waals surface area contributed by atoms with Gasteiger partial charge in [-0.25, -0.2) is 0 Å². The first-order chi connectivity index (χ1) is 13.3. The van der Waals surface area contributed by atoms with E-state index in [2.05, 4.69) is 15.5 Å². The van der Waals surface area contributed by atoms with Crippen LogP contribution in [-0.4, -0.2) is 66.8 Å². The summed E-state index contributed by atoms with van der Waals surface area (Å²) in [5.41, 5.74) is 2.97. The predicted octanol–water partition coefficient (Wildman–Crippen LogP) is 1.16. The number of anilines is 1. The van der Waals surface area contributed by atoms with Gasteiger partial charge in [0.15, 0.2) is 0 Å². The number of benzene rings is 1. The quantitative estimate of drug-likeness (QED) is 0.769. The van der Waals surface area contributed by atoms with Crippen LogP contribution in [0.2, 0.25) is 0 Å². The fraction of sp³-hybridized carbons (Fsp3) is 0.571. The Morgan fingerprint density at radius 2 is 1.68 bits per heavy atom. The third kappa shape index (κ3) is 5.10. The average molecular weight is 386 g/mol. The fourth-order valence-electron chi connectivity index (χ4n) is 3.64. The lowest BCUT2D eigenvalue weighted by Crippen LogP contribution is -2.52. The van der Waals surface area contributed by atoms with Crippen molar-refractivity contribution in [1.29, 1.82) is 0 Å². The summed E-state index contributed by atoms with van der Waals surface area (Å²) in [6.45, 7) is 8.84. The summed E-state index contributed by atoms with van der Waals surface area (Å²) >= 11 is 0. The zero-order chi connectivity index (χ0) is 20.3. The molecule has 1 saturated carbocycles. The number of hydrogen-bond donors (Lipinski definition) is 2. The minimum Gasteiger partial charge on any atom is -0.347 e. The number of nitrogens with zero attached hydrogens (tertiary/aromatic N) is 2. The Balaban J connectivity index is 1.39. The van der Waals surface area contributed by atoms with E-state index < -0.39 is 0 Å². The second-order valence-corrected chi connectivity index (χ2v) is 8.01. The summed E-state index contributed by atoms with van der Waals surface area (Å²) in [5, 5.41) is 5.75. The second-order valence-electron chi connectivity index (χ2n) is 8.01. The summed E-state index contributed by atoms with van der Waals surface area (Å²) in [4.78, 5) is 40.3. The van der Waals surface area contributed by atoms with Gasteiger partial charge in [0.25, 0.3) is 0 Å². The molecule has 1 aliphatic heterocycles. The number of hydrogen-bond acceptors (Lipinski definition) is 4. The van der Waals surface area contributed by atoms with Crippen LogP contribution in [0, 0.1) is 25.7 Å². The molecule has 2 aliphatic rings. The monoisotopic (exact) mass is 386 g/mol. The lowest BCUT2D eigenvalue weighted by Gasteiger charge is -2.34. The molecule has 1 aromatic carbocycles. The highest BCUT2D eigenvalue weighted by Gasteiger charge is 2.39. The number of carbonyl (C=O) groups is 3. The third-order valence-corrected chi connectivity index (χ3v) is 5.70. The highest BCUT2D eigenvalue weighted by Crippen LogP contribution is 2.37. The number of piperazine rings is 1. The smallest absolute Gasteiger partial charge is 0.242 e. The van der Waals surface area contributed by atoms with Crippen molar-refractivity contribution in [1.82, 2.24) is 15.1 Å². The Kier molecular flexibility index (Phi) is 6.34. The minimum atomic E-state index is -0.0544. The molecule has 28 heavy (non-hydrogen) atoms. The summed E-state index contributed by atoms with van der Waals surface area (Å²) in [6, 6.07) is 5.94. The highest BCUT2D eigenvalue weighted by atomic mass is 16.2. The number of rotatable bonds is 6. The van der Waals surface area contributed by atoms with E-state index in [1.807, 2.05) is 39.0 Å². The van der Waals surface area contributed by atoms with Crippen molar-refractivity contribution in [3.05, 3.63) is 29.3 Å². The molecule has 7 heteroatoms. The van der Waals surface area contributed by atoms with Gasteiger partial charge in [-0.15, -0.1) is 0 Å². The highest BCUT2D eigenvalue weighted by molar-refractivity contribution is 5.93. The second kappa shape index (κ2) is 8.73. The maximum Gasteiger partial charge on any atom is 0.242 e. The molecule has 1 heterocycles. The van der Waals surface area contributed by atoms with Crippen LogP contribution >= 0.6 is 0 Å². The molecule has 152 valence electrons. The van der Waals surface area contributed by atoms with E-state index >= 15 is 0 Å². The van der Waals surface area contributed by atoms with Gasteiger partial charge in [0.2, 0.25) is 17.7 Å². The van der Waals surface area contributed by atoms with Gasteiger partial charge in [0.05, 0.1) is 13.1 Å². The van der Waals surface area contributed by atoms with Crippen molar-refractivity contribution >= 4 is 23.4 Å². The Morgan fingerprint density at radius 3 is 2.25 bits per heavy atom. The molecular weight excluding hydrogens is 356 g/mol. The first-order valence-electron chi connectivity index (χ1n) is 9.99. The van der Waals surface area contributed by atoms with Gasteiger partial charge in [0, 0.05) is 37.8 Å². The van der Waals surface area contributed by atoms with Crippen molar-refractivity contribution in [2.24, 2.45) is 11.8 Å². The molecule has 2 N–H and O–H groups in total. The minimum absolute atomic E-state index is 0.0114. The van der Waals surface area contributed by atoms with Gasteiger partial charge in [-0.1, -0.05) is 25.1 Å². The normalized spacial score (nSPS) is 21.9. The lowest BCUT2D eigenvalue weighted by molar-refractivity contribution is -0.134. The summed E-state index contributed by atoms with van der Waals surface area (Å²) in [7, 11) is 0. The van der Waals surface area contributed by atoms with Gasteiger partial charge in [0.1, 0.15) is 0 Å². The number of aryl methyl sites for hydroxylation is 2. The number of nitrogens with one attached hydrogen (secondary N) is 2. The van der Waals surface area contributed by atoms with Crippen LogP contribution in [0.3, 0.4) is 0 Å². The average Bonchev–Trinajstić information content (AvgIpc) is 3.40. The van der Waals surface area contributed by atoms with Crippen LogP contribution in [0.5, 0.6) is 0 Å². The third-order valence-electron chi connectivity index (χ3n) is 5.70. The molecule has 1 aliphatic carbocycles. The van der Waals surface area contributed by atoms with Crippen LogP contribution < -0.4 is 10.6 Å². The summed E-state index contributed by atoms with van der Waals surface area (Å²) < 4.78 is 0. The van der Waals surface area contributed by atoms with Crippen molar-refractivity contribution < 1.29 is 14.4 Å². The number of amides is 3. The largest absolute Gasteiger partial charge is 0.347 e. The molecule has 0 radical (unpaired) electrons. The zero-order valence-electron chi connectivity index (χ0n) is 17.0. The van der Waals surface area contributed by atoms with Gasteiger partial charge >= 0.3 is 0 Å². The van der Waals surface area contributed by atoms with Crippen LogP contribution in [0.4, 0.5) is 5.69 Å². The van der Waals surface area contributed by atoms with Crippen molar-refractivity contribution in [3.63, 3.8) is 0 Å². The van der Waals surface area contributed by atoms with Gasteiger partial charge in [-0.05, 0) is 37.3 Å². The van der Waals surface area contributed by atoms with Crippen molar-refractivity contribution in [2.45, 2.75) is 27.2 Å². The van der Waals surface area contributed by atoms with Crippen LogP contribution in [0.25, 0.3) is 0 Å². The Bertz CT molecular complexity index is 736. The zero-order valence-corrected chi connectivity index (χ0v) is 17.0. The fourth-order valence-corrected chi connectivity index (χ4v) is 3.64. The molecule has 2 fully saturated rings. The maximum absolute atomic E-state index is 12.4. The molecule has 3 rings (SSSR count). The van der Waals surface area contributed by atoms with Gasteiger partial charge in [-0.2, -0.15) is 0 Å². The first kappa shape index (κ1) is 20.3. The topological polar surface area (TPSA) is 81.8 Å². The molecule has 1 aromatic rings. The van der Waals surface area contributed by atoms with E-state index in [9.17, 15) is 14.4 Å². The van der Waals surface area contributed by atoms with Crippen LogP contribution in [-0.2, 0) is 14.4 Å². The summed E-state index contributed by atoms with van der Waals surface area (Å²) in [5.74, 6) is 0.417.